The Balaban J connectivity index is 2.16. The van der Waals surface area contributed by atoms with Gasteiger partial charge in [-0.3, -0.25) is 0 Å². The highest BCUT2D eigenvalue weighted by Gasteiger charge is 2.24. The molecule has 2 nitrogen and oxygen atoms in total. The fraction of sp³-hybridized carbons (Fsp3) is 0.625. The molecule has 0 radical (unpaired) electrons. The van der Waals surface area contributed by atoms with Crippen LogP contribution in [0, 0.1) is 11.7 Å². The predicted octanol–water partition coefficient (Wildman–Crippen LogP) is 3.86. The quantitative estimate of drug-likeness (QED) is 0.898. The van der Waals surface area contributed by atoms with Gasteiger partial charge in [-0.25, -0.2) is 4.39 Å². The van der Waals surface area contributed by atoms with Gasteiger partial charge in [0.05, 0.1) is 5.69 Å². The van der Waals surface area contributed by atoms with Crippen LogP contribution in [0.5, 0.6) is 0 Å². The van der Waals surface area contributed by atoms with Crippen molar-refractivity contribution in [3.8, 4) is 0 Å². The molecule has 2 unspecified atom stereocenters. The zero-order chi connectivity index (χ0) is 14.0. The minimum absolute atomic E-state index is 0.122. The number of rotatable bonds is 3. The van der Waals surface area contributed by atoms with E-state index in [0.29, 0.717) is 11.7 Å². The molecule has 0 spiro atoms. The van der Waals surface area contributed by atoms with E-state index in [1.54, 1.807) is 6.07 Å². The molecule has 1 fully saturated rings. The molecule has 0 heterocycles. The fourth-order valence-corrected chi connectivity index (χ4v) is 3.04. The second-order valence-corrected chi connectivity index (χ2v) is 6.04. The van der Waals surface area contributed by atoms with E-state index in [1.165, 1.54) is 12.8 Å². The summed E-state index contributed by atoms with van der Waals surface area (Å²) in [7, 11) is 2.01. The summed E-state index contributed by atoms with van der Waals surface area (Å²) in [5.74, 6) is 0.586. The summed E-state index contributed by atoms with van der Waals surface area (Å²) in [4.78, 5) is 2.11. The normalized spacial score (nSPS) is 25.1. The van der Waals surface area contributed by atoms with Crippen molar-refractivity contribution >= 4 is 5.69 Å². The van der Waals surface area contributed by atoms with Crippen molar-refractivity contribution in [1.29, 1.82) is 0 Å². The van der Waals surface area contributed by atoms with Crippen molar-refractivity contribution in [1.82, 2.24) is 0 Å². The Morgan fingerprint density at radius 2 is 2.11 bits per heavy atom. The minimum Gasteiger partial charge on any atom is -0.369 e. The number of nitrogens with zero attached hydrogens (tertiary/aromatic N) is 1. The van der Waals surface area contributed by atoms with E-state index in [1.807, 2.05) is 26.1 Å². The van der Waals surface area contributed by atoms with E-state index >= 15 is 0 Å². The van der Waals surface area contributed by atoms with Gasteiger partial charge < -0.3 is 10.6 Å². The van der Waals surface area contributed by atoms with Crippen LogP contribution < -0.4 is 10.6 Å². The van der Waals surface area contributed by atoms with Gasteiger partial charge in [-0.05, 0) is 43.4 Å². The molecule has 1 saturated carbocycles. The molecule has 1 aromatic rings. The second kappa shape index (κ2) is 5.91. The van der Waals surface area contributed by atoms with Crippen molar-refractivity contribution in [2.45, 2.75) is 51.6 Å². The van der Waals surface area contributed by atoms with Crippen LogP contribution in [0.1, 0.15) is 51.1 Å². The molecular weight excluding hydrogens is 239 g/mol. The average Bonchev–Trinajstić information content (AvgIpc) is 2.37. The highest BCUT2D eigenvalue weighted by molar-refractivity contribution is 5.49. The van der Waals surface area contributed by atoms with Crippen molar-refractivity contribution in [3.63, 3.8) is 0 Å². The molecule has 106 valence electrons. The van der Waals surface area contributed by atoms with Crippen molar-refractivity contribution in [2.75, 3.05) is 11.9 Å². The van der Waals surface area contributed by atoms with Crippen LogP contribution in [0.25, 0.3) is 0 Å². The fourth-order valence-electron chi connectivity index (χ4n) is 3.04. The van der Waals surface area contributed by atoms with Gasteiger partial charge in [-0.1, -0.05) is 25.8 Å². The highest BCUT2D eigenvalue weighted by Crippen LogP contribution is 2.31. The van der Waals surface area contributed by atoms with Gasteiger partial charge in [0.2, 0.25) is 0 Å². The number of nitrogens with two attached hydrogens (primary N) is 1. The van der Waals surface area contributed by atoms with E-state index in [2.05, 4.69) is 11.8 Å². The van der Waals surface area contributed by atoms with E-state index in [-0.39, 0.29) is 11.9 Å². The monoisotopic (exact) mass is 264 g/mol. The molecule has 2 rings (SSSR count). The van der Waals surface area contributed by atoms with E-state index in [4.69, 9.17) is 5.73 Å². The van der Waals surface area contributed by atoms with Gasteiger partial charge >= 0.3 is 0 Å². The van der Waals surface area contributed by atoms with Crippen LogP contribution in [0.15, 0.2) is 18.2 Å². The van der Waals surface area contributed by atoms with Crippen LogP contribution in [0.3, 0.4) is 0 Å². The van der Waals surface area contributed by atoms with Crippen molar-refractivity contribution in [2.24, 2.45) is 11.7 Å². The van der Waals surface area contributed by atoms with Crippen LogP contribution in [-0.2, 0) is 0 Å². The summed E-state index contributed by atoms with van der Waals surface area (Å²) in [5.41, 5.74) is 7.34. The maximum atomic E-state index is 14.2. The molecule has 3 heteroatoms. The Bertz CT molecular complexity index is 431. The van der Waals surface area contributed by atoms with Crippen molar-refractivity contribution < 1.29 is 4.39 Å². The summed E-state index contributed by atoms with van der Waals surface area (Å²) in [5, 5.41) is 0. The van der Waals surface area contributed by atoms with Gasteiger partial charge in [0.15, 0.2) is 0 Å². The summed E-state index contributed by atoms with van der Waals surface area (Å²) >= 11 is 0. The second-order valence-electron chi connectivity index (χ2n) is 6.04. The lowest BCUT2D eigenvalue weighted by atomic mass is 9.86. The van der Waals surface area contributed by atoms with Gasteiger partial charge in [0.25, 0.3) is 0 Å². The third-order valence-corrected chi connectivity index (χ3v) is 4.33. The summed E-state index contributed by atoms with van der Waals surface area (Å²) < 4.78 is 14.2. The van der Waals surface area contributed by atoms with Gasteiger partial charge in [0.1, 0.15) is 5.82 Å². The van der Waals surface area contributed by atoms with Gasteiger partial charge in [0, 0.05) is 19.1 Å². The Morgan fingerprint density at radius 3 is 2.68 bits per heavy atom. The summed E-state index contributed by atoms with van der Waals surface area (Å²) in [6, 6.07) is 5.71. The molecule has 2 N–H and O–H groups in total. The molecule has 0 bridgehead atoms. The predicted molar refractivity (Wildman–Crippen MR) is 78.8 cm³/mol. The van der Waals surface area contributed by atoms with Crippen LogP contribution >= 0.6 is 0 Å². The number of benzene rings is 1. The van der Waals surface area contributed by atoms with E-state index < -0.39 is 0 Å². The Labute approximate surface area is 115 Å². The molecule has 0 aromatic heterocycles. The Kier molecular flexibility index (Phi) is 4.46. The lowest BCUT2D eigenvalue weighted by molar-refractivity contribution is 0.335. The molecule has 0 aliphatic heterocycles. The van der Waals surface area contributed by atoms with Crippen molar-refractivity contribution in [3.05, 3.63) is 29.6 Å². The molecule has 1 aromatic carbocycles. The molecule has 1 aliphatic rings. The molecule has 0 amide bonds. The number of hydrogen-bond donors (Lipinski definition) is 1. The van der Waals surface area contributed by atoms with Crippen LogP contribution in [0.4, 0.5) is 10.1 Å². The third kappa shape index (κ3) is 3.27. The maximum absolute atomic E-state index is 14.2. The molecule has 19 heavy (non-hydrogen) atoms. The lowest BCUT2D eigenvalue weighted by Gasteiger charge is -2.35. The summed E-state index contributed by atoms with van der Waals surface area (Å²) in [6.07, 6.45) is 4.87. The van der Waals surface area contributed by atoms with Gasteiger partial charge in [-0.2, -0.15) is 0 Å². The average molecular weight is 264 g/mol. The van der Waals surface area contributed by atoms with E-state index in [9.17, 15) is 4.39 Å². The third-order valence-electron chi connectivity index (χ3n) is 4.33. The first-order chi connectivity index (χ1) is 8.99. The molecule has 3 atom stereocenters. The zero-order valence-electron chi connectivity index (χ0n) is 12.2. The molecule has 0 saturated heterocycles. The SMILES string of the molecule is CC1CCCC(N(C)c2ccc([C@@H](C)N)cc2F)C1. The van der Waals surface area contributed by atoms with Crippen LogP contribution in [-0.4, -0.2) is 13.1 Å². The largest absolute Gasteiger partial charge is 0.369 e. The first-order valence-corrected chi connectivity index (χ1v) is 7.27. The maximum Gasteiger partial charge on any atom is 0.146 e. The first kappa shape index (κ1) is 14.3. The number of hydrogen-bond acceptors (Lipinski definition) is 2. The smallest absolute Gasteiger partial charge is 0.146 e. The number of halogens is 1. The Hall–Kier alpha value is -1.09. The van der Waals surface area contributed by atoms with E-state index in [0.717, 1.165) is 24.3 Å². The topological polar surface area (TPSA) is 29.3 Å². The Morgan fingerprint density at radius 1 is 1.37 bits per heavy atom. The first-order valence-electron chi connectivity index (χ1n) is 7.27. The highest BCUT2D eigenvalue weighted by atomic mass is 19.1. The summed E-state index contributed by atoms with van der Waals surface area (Å²) in [6.45, 7) is 4.16. The zero-order valence-corrected chi connectivity index (χ0v) is 12.2. The van der Waals surface area contributed by atoms with Crippen LogP contribution in [0.2, 0.25) is 0 Å². The molecular formula is C16H25FN2. The molecule has 1 aliphatic carbocycles. The number of anilines is 1. The standard InChI is InChI=1S/C16H25FN2/c1-11-5-4-6-14(9-11)19(3)16-8-7-13(12(2)18)10-15(16)17/h7-8,10-12,14H,4-6,9,18H2,1-3H3/t11?,12-,14?/m1/s1. The minimum atomic E-state index is -0.157. The lowest BCUT2D eigenvalue weighted by Crippen LogP contribution is -2.36. The van der Waals surface area contributed by atoms with Gasteiger partial charge in [-0.15, -0.1) is 0 Å².